The Morgan fingerprint density at radius 3 is 1.77 bits per heavy atom. The van der Waals surface area contributed by atoms with Gasteiger partial charge in [-0.3, -0.25) is 0 Å². The number of hydrogen-bond acceptors (Lipinski definition) is 3. The highest BCUT2D eigenvalue weighted by molar-refractivity contribution is 7.91. The minimum absolute atomic E-state index is 0.272. The molecule has 0 heterocycles. The van der Waals surface area contributed by atoms with Gasteiger partial charge in [-0.2, -0.15) is 0 Å². The lowest BCUT2D eigenvalue weighted by molar-refractivity contribution is 0.235. The zero-order chi connectivity index (χ0) is 16.3. The molecule has 1 atom stereocenters. The lowest BCUT2D eigenvalue weighted by Gasteiger charge is -2.28. The standard InChI is InChI=1S/C18H23NO2S/c1-14(2)18(19(3)4)15-10-12-17(13-11-15)22(20,21)16-8-6-5-7-9-16/h5-14,18H,1-4H3/t18-/m0/s1. The van der Waals surface area contributed by atoms with Crippen LogP contribution in [0.15, 0.2) is 64.4 Å². The Balaban J connectivity index is 2.37. The van der Waals surface area contributed by atoms with Crippen LogP contribution in [0.4, 0.5) is 0 Å². The Kier molecular flexibility index (Phi) is 5.04. The molecule has 0 saturated carbocycles. The van der Waals surface area contributed by atoms with Crippen molar-refractivity contribution in [3.8, 4) is 0 Å². The second kappa shape index (κ2) is 6.63. The molecule has 2 aromatic carbocycles. The van der Waals surface area contributed by atoms with Crippen molar-refractivity contribution in [3.05, 3.63) is 60.2 Å². The molecule has 0 bridgehead atoms. The van der Waals surface area contributed by atoms with Gasteiger partial charge in [0, 0.05) is 6.04 Å². The molecule has 0 spiro atoms. The van der Waals surface area contributed by atoms with Crippen LogP contribution in [-0.4, -0.2) is 27.4 Å². The summed E-state index contributed by atoms with van der Waals surface area (Å²) in [6.45, 7) is 4.33. The number of rotatable bonds is 5. The smallest absolute Gasteiger partial charge is 0.206 e. The SMILES string of the molecule is CC(C)[C@@H](c1ccc(S(=O)(=O)c2ccccc2)cc1)N(C)C. The summed E-state index contributed by atoms with van der Waals surface area (Å²) in [5.41, 5.74) is 1.13. The van der Waals surface area contributed by atoms with Crippen LogP contribution in [0.2, 0.25) is 0 Å². The highest BCUT2D eigenvalue weighted by Crippen LogP contribution is 2.28. The average molecular weight is 317 g/mol. The molecular formula is C18H23NO2S. The predicted molar refractivity (Wildman–Crippen MR) is 89.6 cm³/mol. The Bertz CT molecular complexity index is 697. The van der Waals surface area contributed by atoms with Gasteiger partial charge in [0.05, 0.1) is 9.79 Å². The van der Waals surface area contributed by atoms with Crippen LogP contribution in [0, 0.1) is 5.92 Å². The summed E-state index contributed by atoms with van der Waals surface area (Å²) in [6, 6.07) is 16.1. The van der Waals surface area contributed by atoms with E-state index in [4.69, 9.17) is 0 Å². The fourth-order valence-electron chi connectivity index (χ4n) is 2.86. The van der Waals surface area contributed by atoms with Crippen LogP contribution in [0.5, 0.6) is 0 Å². The summed E-state index contributed by atoms with van der Waals surface area (Å²) in [5, 5.41) is 0. The highest BCUT2D eigenvalue weighted by atomic mass is 32.2. The maximum Gasteiger partial charge on any atom is 0.206 e. The topological polar surface area (TPSA) is 37.4 Å². The normalized spacial score (nSPS) is 13.5. The second-order valence-electron chi connectivity index (χ2n) is 6.04. The molecule has 0 amide bonds. The summed E-state index contributed by atoms with van der Waals surface area (Å²) in [5.74, 6) is 0.451. The van der Waals surface area contributed by atoms with Gasteiger partial charge in [-0.1, -0.05) is 44.2 Å². The molecule has 0 unspecified atom stereocenters. The van der Waals surface area contributed by atoms with Crippen molar-refractivity contribution in [2.75, 3.05) is 14.1 Å². The van der Waals surface area contributed by atoms with E-state index in [0.29, 0.717) is 15.7 Å². The van der Waals surface area contributed by atoms with Gasteiger partial charge in [0.1, 0.15) is 0 Å². The number of hydrogen-bond donors (Lipinski definition) is 0. The largest absolute Gasteiger partial charge is 0.302 e. The number of benzene rings is 2. The molecule has 0 radical (unpaired) electrons. The number of sulfone groups is 1. The van der Waals surface area contributed by atoms with Crippen molar-refractivity contribution in [2.45, 2.75) is 29.7 Å². The monoisotopic (exact) mass is 317 g/mol. The van der Waals surface area contributed by atoms with Gasteiger partial charge >= 0.3 is 0 Å². The molecule has 0 saturated heterocycles. The van der Waals surface area contributed by atoms with E-state index in [1.807, 2.05) is 32.3 Å². The average Bonchev–Trinajstić information content (AvgIpc) is 2.48. The van der Waals surface area contributed by atoms with E-state index in [9.17, 15) is 8.42 Å². The first-order valence-electron chi connectivity index (χ1n) is 7.40. The molecule has 0 aliphatic carbocycles. The maximum absolute atomic E-state index is 12.6. The maximum atomic E-state index is 12.6. The molecular weight excluding hydrogens is 294 g/mol. The van der Waals surface area contributed by atoms with Crippen LogP contribution >= 0.6 is 0 Å². The third-order valence-electron chi connectivity index (χ3n) is 3.77. The summed E-state index contributed by atoms with van der Waals surface area (Å²) < 4.78 is 25.1. The van der Waals surface area contributed by atoms with Gasteiger partial charge in [-0.15, -0.1) is 0 Å². The van der Waals surface area contributed by atoms with Crippen molar-refractivity contribution in [1.82, 2.24) is 4.90 Å². The van der Waals surface area contributed by atoms with Crippen LogP contribution in [0.25, 0.3) is 0 Å². The minimum atomic E-state index is -3.44. The fourth-order valence-corrected chi connectivity index (χ4v) is 4.14. The molecule has 0 N–H and O–H groups in total. The predicted octanol–water partition coefficient (Wildman–Crippen LogP) is 3.78. The van der Waals surface area contributed by atoms with Crippen molar-refractivity contribution in [3.63, 3.8) is 0 Å². The van der Waals surface area contributed by atoms with Crippen molar-refractivity contribution in [2.24, 2.45) is 5.92 Å². The molecule has 3 nitrogen and oxygen atoms in total. The van der Waals surface area contributed by atoms with Gasteiger partial charge < -0.3 is 4.90 Å². The summed E-state index contributed by atoms with van der Waals surface area (Å²) >= 11 is 0. The quantitative estimate of drug-likeness (QED) is 0.842. The van der Waals surface area contributed by atoms with E-state index >= 15 is 0 Å². The van der Waals surface area contributed by atoms with E-state index in [-0.39, 0.29) is 6.04 Å². The first kappa shape index (κ1) is 16.7. The van der Waals surface area contributed by atoms with Crippen molar-refractivity contribution >= 4 is 9.84 Å². The van der Waals surface area contributed by atoms with Gasteiger partial charge in [-0.05, 0) is 49.8 Å². The zero-order valence-electron chi connectivity index (χ0n) is 13.5. The van der Waals surface area contributed by atoms with E-state index in [0.717, 1.165) is 5.56 Å². The van der Waals surface area contributed by atoms with E-state index < -0.39 is 9.84 Å². The summed E-state index contributed by atoms with van der Waals surface area (Å²) in [6.07, 6.45) is 0. The van der Waals surface area contributed by atoms with Crippen molar-refractivity contribution < 1.29 is 8.42 Å². The molecule has 0 fully saturated rings. The fraction of sp³-hybridized carbons (Fsp3) is 0.333. The van der Waals surface area contributed by atoms with E-state index in [1.165, 1.54) is 0 Å². The van der Waals surface area contributed by atoms with E-state index in [1.54, 1.807) is 36.4 Å². The summed E-state index contributed by atoms with van der Waals surface area (Å²) in [7, 11) is 0.646. The van der Waals surface area contributed by atoms with Gasteiger partial charge in [0.2, 0.25) is 9.84 Å². The molecule has 2 rings (SSSR count). The molecule has 22 heavy (non-hydrogen) atoms. The van der Waals surface area contributed by atoms with Crippen LogP contribution in [0.1, 0.15) is 25.5 Å². The van der Waals surface area contributed by atoms with Crippen LogP contribution < -0.4 is 0 Å². The highest BCUT2D eigenvalue weighted by Gasteiger charge is 2.20. The molecule has 0 aromatic heterocycles. The Hall–Kier alpha value is -1.65. The first-order valence-corrected chi connectivity index (χ1v) is 8.89. The molecule has 0 aliphatic heterocycles. The molecule has 118 valence electrons. The molecule has 0 aliphatic rings. The third-order valence-corrected chi connectivity index (χ3v) is 5.56. The zero-order valence-corrected chi connectivity index (χ0v) is 14.3. The van der Waals surface area contributed by atoms with E-state index in [2.05, 4.69) is 18.7 Å². The molecule has 4 heteroatoms. The Morgan fingerprint density at radius 1 is 0.818 bits per heavy atom. The lowest BCUT2D eigenvalue weighted by atomic mass is 9.95. The Labute approximate surface area is 133 Å². The summed E-state index contributed by atoms with van der Waals surface area (Å²) in [4.78, 5) is 2.82. The lowest BCUT2D eigenvalue weighted by Crippen LogP contribution is -2.24. The third kappa shape index (κ3) is 3.39. The molecule has 2 aromatic rings. The van der Waals surface area contributed by atoms with Gasteiger partial charge in [-0.25, -0.2) is 8.42 Å². The van der Waals surface area contributed by atoms with Crippen LogP contribution in [-0.2, 0) is 9.84 Å². The van der Waals surface area contributed by atoms with Crippen molar-refractivity contribution in [1.29, 1.82) is 0 Å². The minimum Gasteiger partial charge on any atom is -0.302 e. The first-order chi connectivity index (χ1) is 10.3. The van der Waals surface area contributed by atoms with Crippen LogP contribution in [0.3, 0.4) is 0 Å². The van der Waals surface area contributed by atoms with Gasteiger partial charge in [0.25, 0.3) is 0 Å². The number of nitrogens with zero attached hydrogens (tertiary/aromatic N) is 1. The second-order valence-corrected chi connectivity index (χ2v) is 7.99. The Morgan fingerprint density at radius 2 is 1.32 bits per heavy atom. The van der Waals surface area contributed by atoms with Gasteiger partial charge in [0.15, 0.2) is 0 Å².